The number of fused-ring (bicyclic) bond motifs is 1. The highest BCUT2D eigenvalue weighted by Crippen LogP contribution is 2.50. The Morgan fingerprint density at radius 1 is 0.781 bits per heavy atom. The SMILES string of the molecule is COc1ccc(OC)c([C@@H]2[C@@H]3C(=O)N(c4ccccc4)C(=O)[C@@H]3ON2c2ccccc2)c1. The van der Waals surface area contributed by atoms with Gasteiger partial charge in [0.1, 0.15) is 23.5 Å². The molecule has 2 heterocycles. The zero-order chi connectivity index (χ0) is 22.2. The summed E-state index contributed by atoms with van der Waals surface area (Å²) in [6.45, 7) is 0. The molecule has 2 aliphatic rings. The minimum absolute atomic E-state index is 0.306. The molecule has 0 spiro atoms. The molecular weight excluding hydrogens is 408 g/mol. The molecule has 3 aromatic carbocycles. The van der Waals surface area contributed by atoms with Gasteiger partial charge < -0.3 is 9.47 Å². The molecular formula is C25H22N2O5. The van der Waals surface area contributed by atoms with Gasteiger partial charge in [-0.05, 0) is 42.5 Å². The van der Waals surface area contributed by atoms with Crippen LogP contribution in [0.4, 0.5) is 11.4 Å². The molecule has 162 valence electrons. The smallest absolute Gasteiger partial charge is 0.266 e. The second-order valence-electron chi connectivity index (χ2n) is 7.61. The van der Waals surface area contributed by atoms with Crippen molar-refractivity contribution < 1.29 is 23.9 Å². The van der Waals surface area contributed by atoms with Gasteiger partial charge in [-0.15, -0.1) is 0 Å². The largest absolute Gasteiger partial charge is 0.497 e. The van der Waals surface area contributed by atoms with Crippen LogP contribution in [0.1, 0.15) is 11.6 Å². The number of para-hydroxylation sites is 2. The summed E-state index contributed by atoms with van der Waals surface area (Å²) in [5.41, 5.74) is 1.98. The molecule has 0 unspecified atom stereocenters. The monoisotopic (exact) mass is 430 g/mol. The Kier molecular flexibility index (Phi) is 5.03. The van der Waals surface area contributed by atoms with E-state index in [-0.39, 0.29) is 11.8 Å². The summed E-state index contributed by atoms with van der Waals surface area (Å²) in [5.74, 6) is -0.228. The Labute approximate surface area is 185 Å². The molecule has 0 aliphatic carbocycles. The van der Waals surface area contributed by atoms with Gasteiger partial charge in [0.25, 0.3) is 5.91 Å². The van der Waals surface area contributed by atoms with E-state index in [0.717, 1.165) is 5.69 Å². The van der Waals surface area contributed by atoms with Crippen LogP contribution in [-0.2, 0) is 14.4 Å². The lowest BCUT2D eigenvalue weighted by molar-refractivity contribution is -0.126. The fourth-order valence-corrected chi connectivity index (χ4v) is 4.43. The number of carbonyl (C=O) groups is 2. The van der Waals surface area contributed by atoms with Crippen molar-refractivity contribution in [1.82, 2.24) is 0 Å². The van der Waals surface area contributed by atoms with E-state index in [4.69, 9.17) is 14.3 Å². The van der Waals surface area contributed by atoms with E-state index in [1.54, 1.807) is 55.7 Å². The fraction of sp³-hybridized carbons (Fsp3) is 0.200. The van der Waals surface area contributed by atoms with E-state index in [9.17, 15) is 9.59 Å². The lowest BCUT2D eigenvalue weighted by Gasteiger charge is -2.29. The van der Waals surface area contributed by atoms with Gasteiger partial charge in [-0.2, -0.15) is 0 Å². The lowest BCUT2D eigenvalue weighted by Crippen LogP contribution is -2.37. The lowest BCUT2D eigenvalue weighted by atomic mass is 9.89. The van der Waals surface area contributed by atoms with Gasteiger partial charge in [-0.3, -0.25) is 14.4 Å². The number of hydrogen-bond acceptors (Lipinski definition) is 6. The zero-order valence-electron chi connectivity index (χ0n) is 17.7. The topological polar surface area (TPSA) is 68.3 Å². The first-order chi connectivity index (χ1) is 15.6. The number of nitrogens with zero attached hydrogens (tertiary/aromatic N) is 2. The summed E-state index contributed by atoms with van der Waals surface area (Å²) in [6.07, 6.45) is -0.941. The van der Waals surface area contributed by atoms with E-state index in [1.165, 1.54) is 4.90 Å². The van der Waals surface area contributed by atoms with Crippen LogP contribution in [0.3, 0.4) is 0 Å². The standard InChI is InChI=1S/C25H22N2O5/c1-30-18-13-14-20(31-2)19(15-18)22-21-23(32-27(22)17-11-7-4-8-12-17)25(29)26(24(21)28)16-9-5-3-6-10-16/h3-15,21-23H,1-2H3/t21-,22+,23+/m0/s1. The predicted molar refractivity (Wildman–Crippen MR) is 119 cm³/mol. The highest BCUT2D eigenvalue weighted by Gasteiger charge is 2.60. The molecule has 32 heavy (non-hydrogen) atoms. The third kappa shape index (κ3) is 3.09. The van der Waals surface area contributed by atoms with E-state index in [1.807, 2.05) is 42.5 Å². The number of amides is 2. The van der Waals surface area contributed by atoms with E-state index < -0.39 is 18.1 Å². The molecule has 7 heteroatoms. The molecule has 0 saturated carbocycles. The summed E-state index contributed by atoms with van der Waals surface area (Å²) < 4.78 is 11.0. The number of imide groups is 1. The third-order valence-corrected chi connectivity index (χ3v) is 5.90. The predicted octanol–water partition coefficient (Wildman–Crippen LogP) is 3.75. The van der Waals surface area contributed by atoms with Crippen molar-refractivity contribution in [2.75, 3.05) is 24.2 Å². The van der Waals surface area contributed by atoms with Crippen molar-refractivity contribution in [3.63, 3.8) is 0 Å². The first-order valence-electron chi connectivity index (χ1n) is 10.3. The summed E-state index contributed by atoms with van der Waals surface area (Å²) in [6, 6.07) is 23.2. The Bertz CT molecular complexity index is 1150. The molecule has 2 amide bonds. The number of benzene rings is 3. The van der Waals surface area contributed by atoms with Gasteiger partial charge in [-0.25, -0.2) is 9.96 Å². The van der Waals surface area contributed by atoms with Crippen LogP contribution in [-0.4, -0.2) is 32.1 Å². The molecule has 2 aliphatic heterocycles. The Balaban J connectivity index is 1.64. The van der Waals surface area contributed by atoms with Crippen molar-refractivity contribution in [3.05, 3.63) is 84.4 Å². The van der Waals surface area contributed by atoms with E-state index in [0.29, 0.717) is 22.7 Å². The van der Waals surface area contributed by atoms with Gasteiger partial charge in [0, 0.05) is 5.56 Å². The van der Waals surface area contributed by atoms with Crippen LogP contribution in [0.2, 0.25) is 0 Å². The van der Waals surface area contributed by atoms with Crippen LogP contribution in [0.25, 0.3) is 0 Å². The molecule has 3 atom stereocenters. The normalized spacial score (nSPS) is 22.2. The van der Waals surface area contributed by atoms with Crippen LogP contribution in [0, 0.1) is 5.92 Å². The highest BCUT2D eigenvalue weighted by atomic mass is 16.7. The minimum Gasteiger partial charge on any atom is -0.497 e. The van der Waals surface area contributed by atoms with Crippen molar-refractivity contribution >= 4 is 23.2 Å². The maximum atomic E-state index is 13.6. The number of rotatable bonds is 5. The maximum absolute atomic E-state index is 13.6. The van der Waals surface area contributed by atoms with Crippen LogP contribution in [0.5, 0.6) is 11.5 Å². The van der Waals surface area contributed by atoms with Gasteiger partial charge in [0.15, 0.2) is 6.10 Å². The Hall–Kier alpha value is -3.84. The van der Waals surface area contributed by atoms with Crippen LogP contribution < -0.4 is 19.4 Å². The maximum Gasteiger partial charge on any atom is 0.266 e. The fourth-order valence-electron chi connectivity index (χ4n) is 4.43. The summed E-state index contributed by atoms with van der Waals surface area (Å²) in [5, 5.41) is 1.64. The first-order valence-corrected chi connectivity index (χ1v) is 10.3. The summed E-state index contributed by atoms with van der Waals surface area (Å²) in [7, 11) is 3.15. The second-order valence-corrected chi connectivity index (χ2v) is 7.61. The van der Waals surface area contributed by atoms with Crippen molar-refractivity contribution in [1.29, 1.82) is 0 Å². The number of carbonyl (C=O) groups excluding carboxylic acids is 2. The van der Waals surface area contributed by atoms with Crippen LogP contribution in [0.15, 0.2) is 78.9 Å². The number of hydroxylamine groups is 1. The van der Waals surface area contributed by atoms with E-state index in [2.05, 4.69) is 0 Å². The van der Waals surface area contributed by atoms with Crippen molar-refractivity contribution in [3.8, 4) is 11.5 Å². The Morgan fingerprint density at radius 2 is 1.44 bits per heavy atom. The molecule has 2 fully saturated rings. The van der Waals surface area contributed by atoms with Gasteiger partial charge in [0.05, 0.1) is 25.6 Å². The molecule has 2 saturated heterocycles. The Morgan fingerprint density at radius 3 is 2.06 bits per heavy atom. The molecule has 7 nitrogen and oxygen atoms in total. The molecule has 0 aromatic heterocycles. The zero-order valence-corrected chi connectivity index (χ0v) is 17.7. The number of anilines is 2. The molecule has 5 rings (SSSR count). The molecule has 0 bridgehead atoms. The average molecular weight is 430 g/mol. The average Bonchev–Trinajstić information content (AvgIpc) is 3.35. The van der Waals surface area contributed by atoms with Gasteiger partial charge in [-0.1, -0.05) is 36.4 Å². The quantitative estimate of drug-likeness (QED) is 0.575. The molecule has 0 radical (unpaired) electrons. The molecule has 0 N–H and O–H groups in total. The second kappa shape index (κ2) is 8.01. The number of hydrogen-bond donors (Lipinski definition) is 0. The van der Waals surface area contributed by atoms with Crippen molar-refractivity contribution in [2.24, 2.45) is 5.92 Å². The number of ether oxygens (including phenoxy) is 2. The highest BCUT2D eigenvalue weighted by molar-refractivity contribution is 6.23. The number of methoxy groups -OCH3 is 2. The summed E-state index contributed by atoms with van der Waals surface area (Å²) >= 11 is 0. The van der Waals surface area contributed by atoms with Gasteiger partial charge in [0.2, 0.25) is 5.91 Å². The van der Waals surface area contributed by atoms with Gasteiger partial charge >= 0.3 is 0 Å². The summed E-state index contributed by atoms with van der Waals surface area (Å²) in [4.78, 5) is 34.4. The minimum atomic E-state index is -0.941. The molecule has 3 aromatic rings. The van der Waals surface area contributed by atoms with Crippen LogP contribution >= 0.6 is 0 Å². The van der Waals surface area contributed by atoms with Crippen molar-refractivity contribution in [2.45, 2.75) is 12.1 Å². The van der Waals surface area contributed by atoms with E-state index >= 15 is 0 Å². The third-order valence-electron chi connectivity index (χ3n) is 5.90. The first kappa shape index (κ1) is 20.1.